The average Bonchev–Trinajstić information content (AvgIpc) is 2.67. The summed E-state index contributed by atoms with van der Waals surface area (Å²) in [6, 6.07) is 0. The van der Waals surface area contributed by atoms with Gasteiger partial charge in [0.1, 0.15) is 12.2 Å². The molecule has 3 aliphatic rings. The third-order valence-electron chi connectivity index (χ3n) is 3.16. The van der Waals surface area contributed by atoms with Crippen molar-refractivity contribution >= 4 is 27.9 Å². The lowest BCUT2D eigenvalue weighted by molar-refractivity contribution is -0.313. The van der Waals surface area contributed by atoms with Crippen molar-refractivity contribution in [1.29, 1.82) is 0 Å². The number of esters is 1. The summed E-state index contributed by atoms with van der Waals surface area (Å²) < 4.78 is 10.4. The molecule has 0 aromatic carbocycles. The van der Waals surface area contributed by atoms with Crippen molar-refractivity contribution < 1.29 is 24.2 Å². The number of hydrogen-bond donors (Lipinski definition) is 0. The maximum atomic E-state index is 11.3. The highest BCUT2D eigenvalue weighted by Gasteiger charge is 2.68. The topological polar surface area (TPSA) is 75.7 Å². The van der Waals surface area contributed by atoms with E-state index in [1.54, 1.807) is 0 Å². The first-order valence-corrected chi connectivity index (χ1v) is 5.23. The molecule has 3 aliphatic heterocycles. The van der Waals surface area contributed by atoms with Gasteiger partial charge in [-0.05, 0) is 0 Å². The Bertz CT molecular complexity index is 330. The molecular weight excluding hydrogens is 256 g/mol. The van der Waals surface area contributed by atoms with E-state index in [0.717, 1.165) is 0 Å². The quantitative estimate of drug-likeness (QED) is 0.422. The molecule has 5 nitrogen and oxygen atoms in total. The molecule has 0 aromatic rings. The lowest BCUT2D eigenvalue weighted by Crippen LogP contribution is -2.47. The van der Waals surface area contributed by atoms with E-state index >= 15 is 0 Å². The van der Waals surface area contributed by atoms with E-state index < -0.39 is 36.0 Å². The van der Waals surface area contributed by atoms with Crippen molar-refractivity contribution in [2.24, 2.45) is 11.8 Å². The van der Waals surface area contributed by atoms with Crippen molar-refractivity contribution in [3.8, 4) is 0 Å². The predicted molar refractivity (Wildman–Crippen MR) is 43.2 cm³/mol. The molecular formula is C8H6BrO5-. The van der Waals surface area contributed by atoms with Crippen LogP contribution in [0.15, 0.2) is 0 Å². The number of ether oxygens (including phenoxy) is 2. The molecule has 2 bridgehead atoms. The lowest BCUT2D eigenvalue weighted by Gasteiger charge is -2.25. The molecule has 14 heavy (non-hydrogen) atoms. The number of carbonyl (C=O) groups excluding carboxylic acids is 2. The molecule has 0 aliphatic carbocycles. The maximum Gasteiger partial charge on any atom is 0.312 e. The lowest BCUT2D eigenvalue weighted by atomic mass is 9.80. The Balaban J connectivity index is 2.04. The summed E-state index contributed by atoms with van der Waals surface area (Å²) in [5.74, 6) is -3.23. The standard InChI is InChI=1S/C8H7BrO5/c9-3-4-1(7(10)11)2-5(13-4)6(3)14-8(2)12/h1-6H,(H,10,11)/p-1. The highest BCUT2D eigenvalue weighted by atomic mass is 79.9. The number of carbonyl (C=O) groups is 2. The molecule has 3 fully saturated rings. The van der Waals surface area contributed by atoms with E-state index in [1.165, 1.54) is 0 Å². The van der Waals surface area contributed by atoms with Crippen LogP contribution in [-0.4, -0.2) is 35.1 Å². The molecule has 6 heteroatoms. The largest absolute Gasteiger partial charge is 0.550 e. The highest BCUT2D eigenvalue weighted by molar-refractivity contribution is 9.09. The van der Waals surface area contributed by atoms with Crippen LogP contribution < -0.4 is 5.11 Å². The third-order valence-corrected chi connectivity index (χ3v) is 4.20. The molecule has 3 saturated heterocycles. The predicted octanol–water partition coefficient (Wildman–Crippen LogP) is -1.56. The number of alkyl halides is 1. The van der Waals surface area contributed by atoms with Gasteiger partial charge in [-0.2, -0.15) is 0 Å². The molecule has 76 valence electrons. The summed E-state index contributed by atoms with van der Waals surface area (Å²) in [6.45, 7) is 0. The first-order chi connectivity index (χ1) is 6.61. The molecule has 0 radical (unpaired) electrons. The zero-order chi connectivity index (χ0) is 10.0. The van der Waals surface area contributed by atoms with Gasteiger partial charge in [-0.25, -0.2) is 0 Å². The average molecular weight is 262 g/mol. The number of carboxylic acids is 1. The second-order valence-electron chi connectivity index (χ2n) is 3.78. The monoisotopic (exact) mass is 261 g/mol. The summed E-state index contributed by atoms with van der Waals surface area (Å²) in [5, 5.41) is 10.9. The Labute approximate surface area is 87.5 Å². The van der Waals surface area contributed by atoms with Gasteiger partial charge in [-0.1, -0.05) is 15.9 Å². The van der Waals surface area contributed by atoms with Crippen LogP contribution in [0.3, 0.4) is 0 Å². The number of hydrogen-bond acceptors (Lipinski definition) is 5. The molecule has 0 spiro atoms. The molecule has 3 heterocycles. The van der Waals surface area contributed by atoms with Crippen LogP contribution >= 0.6 is 15.9 Å². The molecule has 0 saturated carbocycles. The van der Waals surface area contributed by atoms with Crippen LogP contribution in [0, 0.1) is 11.8 Å². The van der Waals surface area contributed by atoms with E-state index in [9.17, 15) is 14.7 Å². The SMILES string of the molecule is O=C([O-])C1C2OC3C(OC(=O)C31)C2Br. The van der Waals surface area contributed by atoms with Crippen molar-refractivity contribution in [2.45, 2.75) is 23.1 Å². The first-order valence-electron chi connectivity index (χ1n) is 4.32. The van der Waals surface area contributed by atoms with Gasteiger partial charge < -0.3 is 19.4 Å². The van der Waals surface area contributed by atoms with Gasteiger partial charge >= 0.3 is 5.97 Å². The van der Waals surface area contributed by atoms with Gasteiger partial charge in [0.25, 0.3) is 0 Å². The number of fused-ring (bicyclic) bond motifs is 1. The Hall–Kier alpha value is -0.620. The van der Waals surface area contributed by atoms with Crippen LogP contribution in [-0.2, 0) is 19.1 Å². The molecule has 0 N–H and O–H groups in total. The zero-order valence-corrected chi connectivity index (χ0v) is 8.47. The summed E-state index contributed by atoms with van der Waals surface area (Å²) in [6.07, 6.45) is -1.22. The smallest absolute Gasteiger partial charge is 0.312 e. The Morgan fingerprint density at radius 1 is 1.36 bits per heavy atom. The van der Waals surface area contributed by atoms with Crippen molar-refractivity contribution in [3.05, 3.63) is 0 Å². The van der Waals surface area contributed by atoms with Crippen LogP contribution in [0.4, 0.5) is 0 Å². The highest BCUT2D eigenvalue weighted by Crippen LogP contribution is 2.52. The maximum absolute atomic E-state index is 11.3. The fourth-order valence-corrected chi connectivity index (χ4v) is 3.45. The first kappa shape index (κ1) is 8.67. The van der Waals surface area contributed by atoms with Crippen molar-refractivity contribution in [2.75, 3.05) is 0 Å². The summed E-state index contributed by atoms with van der Waals surface area (Å²) in [7, 11) is 0. The Morgan fingerprint density at radius 2 is 2.07 bits per heavy atom. The normalized spacial score (nSPS) is 53.6. The molecule has 0 amide bonds. The summed E-state index contributed by atoms with van der Waals surface area (Å²) in [5.41, 5.74) is 0. The van der Waals surface area contributed by atoms with Crippen molar-refractivity contribution in [1.82, 2.24) is 0 Å². The summed E-state index contributed by atoms with van der Waals surface area (Å²) >= 11 is 3.29. The fraction of sp³-hybridized carbons (Fsp3) is 0.750. The summed E-state index contributed by atoms with van der Waals surface area (Å²) in [4.78, 5) is 22.0. The number of halogens is 1. The Kier molecular flexibility index (Phi) is 1.54. The molecule has 3 rings (SSSR count). The number of aliphatic carboxylic acids is 1. The van der Waals surface area contributed by atoms with Crippen LogP contribution in [0.5, 0.6) is 0 Å². The molecule has 0 aromatic heterocycles. The van der Waals surface area contributed by atoms with Crippen molar-refractivity contribution in [3.63, 3.8) is 0 Å². The molecule has 6 unspecified atom stereocenters. The van der Waals surface area contributed by atoms with Crippen LogP contribution in [0.2, 0.25) is 0 Å². The molecule has 6 atom stereocenters. The van der Waals surface area contributed by atoms with E-state index in [0.29, 0.717) is 0 Å². The zero-order valence-electron chi connectivity index (χ0n) is 6.88. The third kappa shape index (κ3) is 0.791. The number of carboxylic acid groups (broad SMARTS) is 1. The Morgan fingerprint density at radius 3 is 2.71 bits per heavy atom. The van der Waals surface area contributed by atoms with Gasteiger partial charge in [0.15, 0.2) is 0 Å². The van der Waals surface area contributed by atoms with Gasteiger partial charge in [-0.15, -0.1) is 0 Å². The van der Waals surface area contributed by atoms with E-state index in [1.807, 2.05) is 0 Å². The van der Waals surface area contributed by atoms with Crippen LogP contribution in [0.1, 0.15) is 0 Å². The van der Waals surface area contributed by atoms with Crippen LogP contribution in [0.25, 0.3) is 0 Å². The fourth-order valence-electron chi connectivity index (χ4n) is 2.59. The van der Waals surface area contributed by atoms with Gasteiger partial charge in [-0.3, -0.25) is 4.79 Å². The number of rotatable bonds is 1. The van der Waals surface area contributed by atoms with E-state index in [2.05, 4.69) is 15.9 Å². The minimum Gasteiger partial charge on any atom is -0.550 e. The second kappa shape index (κ2) is 2.49. The van der Waals surface area contributed by atoms with Gasteiger partial charge in [0.05, 0.1) is 16.8 Å². The minimum absolute atomic E-state index is 0.224. The minimum atomic E-state index is -1.23. The van der Waals surface area contributed by atoms with E-state index in [4.69, 9.17) is 9.47 Å². The van der Waals surface area contributed by atoms with E-state index in [-0.39, 0.29) is 10.9 Å². The van der Waals surface area contributed by atoms with Gasteiger partial charge in [0.2, 0.25) is 0 Å². The van der Waals surface area contributed by atoms with Gasteiger partial charge in [0, 0.05) is 11.9 Å². The second-order valence-corrected chi connectivity index (χ2v) is 4.84.